The van der Waals surface area contributed by atoms with Crippen molar-refractivity contribution >= 4 is 16.9 Å². The summed E-state index contributed by atoms with van der Waals surface area (Å²) in [5, 5.41) is 8.46. The van der Waals surface area contributed by atoms with E-state index in [0.29, 0.717) is 6.54 Å². The lowest BCUT2D eigenvalue weighted by atomic mass is 10.1. The van der Waals surface area contributed by atoms with Gasteiger partial charge in [0.2, 0.25) is 0 Å². The highest BCUT2D eigenvalue weighted by molar-refractivity contribution is 5.94. The predicted molar refractivity (Wildman–Crippen MR) is 125 cm³/mol. The molecule has 0 unspecified atom stereocenters. The maximum absolute atomic E-state index is 13.0. The fraction of sp³-hybridized carbons (Fsp3) is 0.269. The SMILES string of the molecule is Cc1ccccc1CN1CCN(C(=O)c2ccc(Cn3nnc4ccccc43)cc2)CC1. The van der Waals surface area contributed by atoms with E-state index in [2.05, 4.69) is 46.4 Å². The fourth-order valence-electron chi connectivity index (χ4n) is 4.28. The lowest BCUT2D eigenvalue weighted by Gasteiger charge is -2.35. The number of carbonyl (C=O) groups is 1. The average Bonchev–Trinajstić information content (AvgIpc) is 3.24. The van der Waals surface area contributed by atoms with Crippen molar-refractivity contribution in [3.8, 4) is 0 Å². The monoisotopic (exact) mass is 425 g/mol. The summed E-state index contributed by atoms with van der Waals surface area (Å²) in [6.45, 7) is 7.06. The Bertz CT molecular complexity index is 1220. The summed E-state index contributed by atoms with van der Waals surface area (Å²) in [5.41, 5.74) is 6.43. The quantitative estimate of drug-likeness (QED) is 0.489. The number of nitrogens with zero attached hydrogens (tertiary/aromatic N) is 5. The number of para-hydroxylation sites is 1. The molecule has 1 aromatic heterocycles. The van der Waals surface area contributed by atoms with Gasteiger partial charge in [0.05, 0.1) is 12.1 Å². The number of benzene rings is 3. The largest absolute Gasteiger partial charge is 0.336 e. The highest BCUT2D eigenvalue weighted by Gasteiger charge is 2.22. The van der Waals surface area contributed by atoms with Crippen molar-refractivity contribution in [2.24, 2.45) is 0 Å². The molecule has 162 valence electrons. The number of fused-ring (bicyclic) bond motifs is 1. The maximum Gasteiger partial charge on any atom is 0.253 e. The molecule has 0 atom stereocenters. The number of rotatable bonds is 5. The molecular formula is C26H27N5O. The molecule has 1 aliphatic heterocycles. The summed E-state index contributed by atoms with van der Waals surface area (Å²) >= 11 is 0. The van der Waals surface area contributed by atoms with E-state index in [1.54, 1.807) is 0 Å². The summed E-state index contributed by atoms with van der Waals surface area (Å²) in [5.74, 6) is 0.110. The Kier molecular flexibility index (Phi) is 5.69. The van der Waals surface area contributed by atoms with Gasteiger partial charge >= 0.3 is 0 Å². The van der Waals surface area contributed by atoms with Gasteiger partial charge in [-0.05, 0) is 47.9 Å². The van der Waals surface area contributed by atoms with Gasteiger partial charge in [0.1, 0.15) is 5.52 Å². The van der Waals surface area contributed by atoms with Gasteiger partial charge in [-0.3, -0.25) is 9.69 Å². The van der Waals surface area contributed by atoms with E-state index in [-0.39, 0.29) is 5.91 Å². The van der Waals surface area contributed by atoms with Gasteiger partial charge in [-0.25, -0.2) is 4.68 Å². The predicted octanol–water partition coefficient (Wildman–Crippen LogP) is 3.75. The zero-order valence-corrected chi connectivity index (χ0v) is 18.3. The molecule has 4 aromatic rings. The van der Waals surface area contributed by atoms with Crippen molar-refractivity contribution in [1.82, 2.24) is 24.8 Å². The maximum atomic E-state index is 13.0. The minimum atomic E-state index is 0.110. The first kappa shape index (κ1) is 20.4. The Hall–Kier alpha value is -3.51. The highest BCUT2D eigenvalue weighted by Crippen LogP contribution is 2.16. The summed E-state index contributed by atoms with van der Waals surface area (Å²) in [7, 11) is 0. The van der Waals surface area contributed by atoms with Gasteiger partial charge in [0, 0.05) is 38.3 Å². The second kappa shape index (κ2) is 8.93. The molecule has 0 radical (unpaired) electrons. The van der Waals surface area contributed by atoms with Crippen molar-refractivity contribution in [3.63, 3.8) is 0 Å². The van der Waals surface area contributed by atoms with Gasteiger partial charge in [-0.15, -0.1) is 5.10 Å². The van der Waals surface area contributed by atoms with Crippen LogP contribution in [-0.4, -0.2) is 56.9 Å². The smallest absolute Gasteiger partial charge is 0.253 e. The topological polar surface area (TPSA) is 54.3 Å². The normalized spacial score (nSPS) is 14.7. The van der Waals surface area contributed by atoms with Crippen LogP contribution in [0.3, 0.4) is 0 Å². The number of aryl methyl sites for hydroxylation is 1. The molecule has 0 spiro atoms. The number of piperazine rings is 1. The van der Waals surface area contributed by atoms with E-state index in [0.717, 1.165) is 54.9 Å². The molecule has 6 nitrogen and oxygen atoms in total. The number of hydrogen-bond acceptors (Lipinski definition) is 4. The van der Waals surface area contributed by atoms with Crippen LogP contribution in [0.1, 0.15) is 27.0 Å². The van der Waals surface area contributed by atoms with Crippen molar-refractivity contribution in [2.45, 2.75) is 20.0 Å². The van der Waals surface area contributed by atoms with E-state index in [4.69, 9.17) is 0 Å². The molecule has 2 heterocycles. The molecule has 1 aliphatic rings. The van der Waals surface area contributed by atoms with Crippen LogP contribution < -0.4 is 0 Å². The molecule has 0 bridgehead atoms. The lowest BCUT2D eigenvalue weighted by molar-refractivity contribution is 0.0628. The highest BCUT2D eigenvalue weighted by atomic mass is 16.2. The summed E-state index contributed by atoms with van der Waals surface area (Å²) in [4.78, 5) is 17.4. The Morgan fingerprint density at radius 3 is 2.34 bits per heavy atom. The summed E-state index contributed by atoms with van der Waals surface area (Å²) in [6, 6.07) is 24.3. The van der Waals surface area contributed by atoms with Crippen molar-refractivity contribution in [3.05, 3.63) is 95.1 Å². The molecule has 0 aliphatic carbocycles. The summed E-state index contributed by atoms with van der Waals surface area (Å²) < 4.78 is 1.89. The van der Waals surface area contributed by atoms with Gasteiger partial charge < -0.3 is 4.90 Å². The molecule has 0 N–H and O–H groups in total. The van der Waals surface area contributed by atoms with Gasteiger partial charge in [-0.2, -0.15) is 0 Å². The van der Waals surface area contributed by atoms with Crippen molar-refractivity contribution < 1.29 is 4.79 Å². The van der Waals surface area contributed by atoms with Crippen LogP contribution in [-0.2, 0) is 13.1 Å². The minimum Gasteiger partial charge on any atom is -0.336 e. The molecule has 0 saturated carbocycles. The zero-order valence-electron chi connectivity index (χ0n) is 18.3. The van der Waals surface area contributed by atoms with Crippen LogP contribution in [0, 0.1) is 6.92 Å². The average molecular weight is 426 g/mol. The van der Waals surface area contributed by atoms with Crippen LogP contribution >= 0.6 is 0 Å². The Labute approximate surface area is 188 Å². The molecule has 1 amide bonds. The van der Waals surface area contributed by atoms with Crippen LogP contribution in [0.2, 0.25) is 0 Å². The Morgan fingerprint density at radius 1 is 0.844 bits per heavy atom. The van der Waals surface area contributed by atoms with Gasteiger partial charge in [0.25, 0.3) is 5.91 Å². The van der Waals surface area contributed by atoms with E-state index < -0.39 is 0 Å². The second-order valence-electron chi connectivity index (χ2n) is 8.43. The molecule has 1 saturated heterocycles. The third-order valence-corrected chi connectivity index (χ3v) is 6.27. The van der Waals surface area contributed by atoms with Crippen LogP contribution in [0.15, 0.2) is 72.8 Å². The molecule has 5 rings (SSSR count). The van der Waals surface area contributed by atoms with Gasteiger partial charge in [0.15, 0.2) is 0 Å². The van der Waals surface area contributed by atoms with E-state index in [1.807, 2.05) is 58.1 Å². The minimum absolute atomic E-state index is 0.110. The Balaban J connectivity index is 1.19. The first-order valence-electron chi connectivity index (χ1n) is 11.1. The standard InChI is InChI=1S/C26H27N5O/c1-20-6-2-3-7-23(20)19-29-14-16-30(17-15-29)26(32)22-12-10-21(11-13-22)18-31-25-9-5-4-8-24(25)27-28-31/h2-13H,14-19H2,1H3. The molecule has 1 fully saturated rings. The van der Waals surface area contributed by atoms with Crippen LogP contribution in [0.5, 0.6) is 0 Å². The van der Waals surface area contributed by atoms with Crippen molar-refractivity contribution in [1.29, 1.82) is 0 Å². The zero-order chi connectivity index (χ0) is 21.9. The second-order valence-corrected chi connectivity index (χ2v) is 8.43. The van der Waals surface area contributed by atoms with Gasteiger partial charge in [-0.1, -0.05) is 53.7 Å². The molecule has 3 aromatic carbocycles. The van der Waals surface area contributed by atoms with E-state index in [9.17, 15) is 4.79 Å². The molecular weight excluding hydrogens is 398 g/mol. The number of aromatic nitrogens is 3. The Morgan fingerprint density at radius 2 is 1.56 bits per heavy atom. The molecule has 32 heavy (non-hydrogen) atoms. The number of hydrogen-bond donors (Lipinski definition) is 0. The fourth-order valence-corrected chi connectivity index (χ4v) is 4.28. The van der Waals surface area contributed by atoms with Crippen molar-refractivity contribution in [2.75, 3.05) is 26.2 Å². The molecule has 6 heteroatoms. The van der Waals surface area contributed by atoms with Crippen LogP contribution in [0.4, 0.5) is 0 Å². The van der Waals surface area contributed by atoms with Crippen LogP contribution in [0.25, 0.3) is 11.0 Å². The van der Waals surface area contributed by atoms with E-state index >= 15 is 0 Å². The third-order valence-electron chi connectivity index (χ3n) is 6.27. The first-order valence-corrected chi connectivity index (χ1v) is 11.1. The summed E-state index contributed by atoms with van der Waals surface area (Å²) in [6.07, 6.45) is 0. The third kappa shape index (κ3) is 4.27. The number of carbonyl (C=O) groups excluding carboxylic acids is 1. The first-order chi connectivity index (χ1) is 15.7. The number of amides is 1. The van der Waals surface area contributed by atoms with E-state index in [1.165, 1.54) is 11.1 Å². The lowest BCUT2D eigenvalue weighted by Crippen LogP contribution is -2.48.